The molecule has 0 aliphatic rings. The second kappa shape index (κ2) is 8.09. The summed E-state index contributed by atoms with van der Waals surface area (Å²) in [5.74, 6) is -0.00251. The van der Waals surface area contributed by atoms with Gasteiger partial charge in [0.05, 0.1) is 23.0 Å². The molecule has 0 radical (unpaired) electrons. The lowest BCUT2D eigenvalue weighted by molar-refractivity contribution is -0.386. The fourth-order valence-corrected chi connectivity index (χ4v) is 4.81. The second-order valence-electron chi connectivity index (χ2n) is 6.07. The number of rotatable bonds is 7. The van der Waals surface area contributed by atoms with Gasteiger partial charge in [-0.3, -0.25) is 10.1 Å². The SMILES string of the molecule is COc1ccc(S(=O)(=O)N[C@H](c2ccc(C)cc2)c2cccs2)cc1[N+](=O)[O-]. The van der Waals surface area contributed by atoms with Crippen molar-refractivity contribution in [2.75, 3.05) is 7.11 Å². The van der Waals surface area contributed by atoms with Crippen LogP contribution in [0.4, 0.5) is 5.69 Å². The topological polar surface area (TPSA) is 98.5 Å². The maximum Gasteiger partial charge on any atom is 0.312 e. The number of hydrogen-bond acceptors (Lipinski definition) is 6. The third kappa shape index (κ3) is 4.22. The first-order valence-corrected chi connectivity index (χ1v) is 10.6. The zero-order valence-electron chi connectivity index (χ0n) is 15.2. The van der Waals surface area contributed by atoms with Gasteiger partial charge >= 0.3 is 5.69 Å². The molecule has 0 saturated carbocycles. The maximum absolute atomic E-state index is 13.0. The number of aryl methyl sites for hydroxylation is 1. The molecule has 1 N–H and O–H groups in total. The van der Waals surface area contributed by atoms with Crippen molar-refractivity contribution in [1.29, 1.82) is 0 Å². The molecule has 0 saturated heterocycles. The van der Waals surface area contributed by atoms with Crippen LogP contribution in [0, 0.1) is 17.0 Å². The van der Waals surface area contributed by atoms with Gasteiger partial charge in [-0.05, 0) is 36.1 Å². The van der Waals surface area contributed by atoms with Crippen LogP contribution in [-0.2, 0) is 10.0 Å². The Labute approximate surface area is 166 Å². The third-order valence-corrected chi connectivity index (χ3v) is 6.53. The summed E-state index contributed by atoms with van der Waals surface area (Å²) in [5, 5.41) is 13.1. The fraction of sp³-hybridized carbons (Fsp3) is 0.158. The van der Waals surface area contributed by atoms with E-state index >= 15 is 0 Å². The van der Waals surface area contributed by atoms with Gasteiger partial charge in [-0.15, -0.1) is 11.3 Å². The summed E-state index contributed by atoms with van der Waals surface area (Å²) in [6, 6.07) is 14.2. The van der Waals surface area contributed by atoms with Crippen molar-refractivity contribution in [3.8, 4) is 5.75 Å². The Hall–Kier alpha value is -2.75. The van der Waals surface area contributed by atoms with Gasteiger partial charge in [0, 0.05) is 10.9 Å². The summed E-state index contributed by atoms with van der Waals surface area (Å²) in [5.41, 5.74) is 1.43. The van der Waals surface area contributed by atoms with Crippen LogP contribution in [0.15, 0.2) is 64.9 Å². The van der Waals surface area contributed by atoms with Gasteiger partial charge in [0.25, 0.3) is 0 Å². The van der Waals surface area contributed by atoms with Gasteiger partial charge in [-0.2, -0.15) is 4.72 Å². The number of nitro groups is 1. The first-order valence-electron chi connectivity index (χ1n) is 8.26. The Morgan fingerprint density at radius 1 is 1.14 bits per heavy atom. The van der Waals surface area contributed by atoms with Crippen molar-refractivity contribution in [3.63, 3.8) is 0 Å². The number of thiophene rings is 1. The number of nitrogens with one attached hydrogen (secondary N) is 1. The van der Waals surface area contributed by atoms with Gasteiger partial charge in [-0.1, -0.05) is 35.9 Å². The number of sulfonamides is 1. The molecule has 0 fully saturated rings. The van der Waals surface area contributed by atoms with E-state index in [1.165, 1.54) is 30.6 Å². The van der Waals surface area contributed by atoms with Crippen LogP contribution in [0.5, 0.6) is 5.75 Å². The first-order chi connectivity index (χ1) is 13.3. The lowest BCUT2D eigenvalue weighted by Gasteiger charge is -2.18. The van der Waals surface area contributed by atoms with E-state index in [2.05, 4.69) is 4.72 Å². The summed E-state index contributed by atoms with van der Waals surface area (Å²) in [4.78, 5) is 11.2. The third-order valence-electron chi connectivity index (χ3n) is 4.17. The highest BCUT2D eigenvalue weighted by Gasteiger charge is 2.26. The normalized spacial score (nSPS) is 12.5. The zero-order chi connectivity index (χ0) is 20.3. The number of methoxy groups -OCH3 is 1. The predicted molar refractivity (Wildman–Crippen MR) is 107 cm³/mol. The molecule has 0 amide bonds. The van der Waals surface area contributed by atoms with E-state index in [0.717, 1.165) is 22.1 Å². The van der Waals surface area contributed by atoms with Gasteiger partial charge in [0.15, 0.2) is 5.75 Å². The van der Waals surface area contributed by atoms with Gasteiger partial charge < -0.3 is 4.74 Å². The Bertz CT molecular complexity index is 1080. The van der Waals surface area contributed by atoms with Crippen LogP contribution in [0.1, 0.15) is 22.0 Å². The largest absolute Gasteiger partial charge is 0.490 e. The molecule has 0 unspecified atom stereocenters. The van der Waals surface area contributed by atoms with E-state index in [1.54, 1.807) is 0 Å². The van der Waals surface area contributed by atoms with Crippen molar-refractivity contribution >= 4 is 27.0 Å². The van der Waals surface area contributed by atoms with Crippen LogP contribution < -0.4 is 9.46 Å². The molecule has 3 aromatic rings. The Morgan fingerprint density at radius 2 is 1.86 bits per heavy atom. The predicted octanol–water partition coefficient (Wildman–Crippen LogP) is 4.04. The van der Waals surface area contributed by atoms with E-state index in [9.17, 15) is 18.5 Å². The van der Waals surface area contributed by atoms with Crippen LogP contribution >= 0.6 is 11.3 Å². The quantitative estimate of drug-likeness (QED) is 0.461. The zero-order valence-corrected chi connectivity index (χ0v) is 16.8. The number of ether oxygens (including phenoxy) is 1. The Balaban J connectivity index is 2.01. The molecule has 1 aromatic heterocycles. The minimum atomic E-state index is -4.03. The summed E-state index contributed by atoms with van der Waals surface area (Å²) in [7, 11) is -2.74. The van der Waals surface area contributed by atoms with E-state index < -0.39 is 26.7 Å². The van der Waals surface area contributed by atoms with Crippen molar-refractivity contribution < 1.29 is 18.1 Å². The molecule has 9 heteroatoms. The minimum Gasteiger partial charge on any atom is -0.490 e. The van der Waals surface area contributed by atoms with Crippen LogP contribution in [0.3, 0.4) is 0 Å². The van der Waals surface area contributed by atoms with Gasteiger partial charge in [0.2, 0.25) is 10.0 Å². The van der Waals surface area contributed by atoms with E-state index in [1.807, 2.05) is 48.7 Å². The number of nitro benzene ring substituents is 1. The van der Waals surface area contributed by atoms with Crippen molar-refractivity contribution in [2.24, 2.45) is 0 Å². The van der Waals surface area contributed by atoms with E-state index in [-0.39, 0.29) is 10.6 Å². The average Bonchev–Trinajstić information content (AvgIpc) is 3.21. The molecular formula is C19H18N2O5S2. The number of benzene rings is 2. The molecule has 2 aromatic carbocycles. The van der Waals surface area contributed by atoms with Gasteiger partial charge in [0.1, 0.15) is 0 Å². The Morgan fingerprint density at radius 3 is 2.43 bits per heavy atom. The molecule has 1 atom stereocenters. The number of hydrogen-bond donors (Lipinski definition) is 1. The van der Waals surface area contributed by atoms with Crippen LogP contribution in [0.2, 0.25) is 0 Å². The van der Waals surface area contributed by atoms with Crippen molar-refractivity contribution in [3.05, 3.63) is 86.1 Å². The first kappa shape index (κ1) is 20.0. The Kier molecular flexibility index (Phi) is 5.78. The van der Waals surface area contributed by atoms with Crippen molar-refractivity contribution in [1.82, 2.24) is 4.72 Å². The minimum absolute atomic E-state index is 0.00251. The second-order valence-corrected chi connectivity index (χ2v) is 8.76. The van der Waals surface area contributed by atoms with Crippen LogP contribution in [-0.4, -0.2) is 20.5 Å². The number of nitrogens with zero attached hydrogens (tertiary/aromatic N) is 1. The van der Waals surface area contributed by atoms with E-state index in [0.29, 0.717) is 0 Å². The average molecular weight is 418 g/mol. The van der Waals surface area contributed by atoms with E-state index in [4.69, 9.17) is 4.74 Å². The molecule has 0 spiro atoms. The summed E-state index contributed by atoms with van der Waals surface area (Å²) < 4.78 is 33.6. The van der Waals surface area contributed by atoms with Crippen LogP contribution in [0.25, 0.3) is 0 Å². The molecule has 0 aliphatic heterocycles. The lowest BCUT2D eigenvalue weighted by Crippen LogP contribution is -2.29. The molecule has 146 valence electrons. The molecule has 1 heterocycles. The molecule has 0 bridgehead atoms. The molecule has 3 rings (SSSR count). The maximum atomic E-state index is 13.0. The highest BCUT2D eigenvalue weighted by atomic mass is 32.2. The standard InChI is InChI=1S/C19H18N2O5S2/c1-13-5-7-14(8-6-13)19(18-4-3-11-27-18)20-28(24,25)15-9-10-17(26-2)16(12-15)21(22)23/h3-12,19-20H,1-2H3/t19-/m1/s1. The van der Waals surface area contributed by atoms with Gasteiger partial charge in [-0.25, -0.2) is 8.42 Å². The monoisotopic (exact) mass is 418 g/mol. The molecular weight excluding hydrogens is 400 g/mol. The molecule has 0 aliphatic carbocycles. The summed E-state index contributed by atoms with van der Waals surface area (Å²) in [6.07, 6.45) is 0. The molecule has 7 nitrogen and oxygen atoms in total. The lowest BCUT2D eigenvalue weighted by atomic mass is 10.0. The highest BCUT2D eigenvalue weighted by Crippen LogP contribution is 2.32. The smallest absolute Gasteiger partial charge is 0.312 e. The fourth-order valence-electron chi connectivity index (χ4n) is 2.71. The van der Waals surface area contributed by atoms with Crippen molar-refractivity contribution in [2.45, 2.75) is 17.9 Å². The highest BCUT2D eigenvalue weighted by molar-refractivity contribution is 7.89. The summed E-state index contributed by atoms with van der Waals surface area (Å²) in [6.45, 7) is 1.95. The summed E-state index contributed by atoms with van der Waals surface area (Å²) >= 11 is 1.42. The molecule has 28 heavy (non-hydrogen) atoms.